The molecule has 158 valence electrons. The number of rotatable bonds is 4. The van der Waals surface area contributed by atoms with Crippen molar-refractivity contribution >= 4 is 39.6 Å². The van der Waals surface area contributed by atoms with E-state index in [1.54, 1.807) is 18.3 Å². The van der Waals surface area contributed by atoms with Crippen molar-refractivity contribution in [2.24, 2.45) is 0 Å². The highest BCUT2D eigenvalue weighted by Gasteiger charge is 2.47. The van der Waals surface area contributed by atoms with Crippen LogP contribution in [0.1, 0.15) is 27.7 Å². The highest BCUT2D eigenvalue weighted by Crippen LogP contribution is 2.43. The van der Waals surface area contributed by atoms with E-state index >= 15 is 0 Å². The van der Waals surface area contributed by atoms with E-state index in [1.165, 1.54) is 16.2 Å². The molecule has 4 aromatic rings. The van der Waals surface area contributed by atoms with Gasteiger partial charge in [-0.05, 0) is 52.9 Å². The number of likely N-dealkylation sites (tertiary alicyclic amines) is 1. The Morgan fingerprint density at radius 1 is 1.03 bits per heavy atom. The quantitative estimate of drug-likeness (QED) is 0.268. The van der Waals surface area contributed by atoms with E-state index in [0.717, 1.165) is 21.2 Å². The molecular weight excluding hydrogens is 420 g/mol. The van der Waals surface area contributed by atoms with Crippen LogP contribution in [0.5, 0.6) is 0 Å². The Labute approximate surface area is 189 Å². The number of hydrogen-bond donors (Lipinski definition) is 1. The van der Waals surface area contributed by atoms with Crippen LogP contribution in [0.4, 0.5) is 0 Å². The average molecular weight is 441 g/mol. The second kappa shape index (κ2) is 8.05. The van der Waals surface area contributed by atoms with Crippen molar-refractivity contribution in [2.75, 3.05) is 0 Å². The van der Waals surface area contributed by atoms with Gasteiger partial charge in [0.2, 0.25) is 0 Å². The van der Waals surface area contributed by atoms with E-state index in [9.17, 15) is 14.7 Å². The first-order valence-corrected chi connectivity index (χ1v) is 11.1. The van der Waals surface area contributed by atoms with Gasteiger partial charge in [-0.25, -0.2) is 0 Å². The number of ketones is 1. The first-order chi connectivity index (χ1) is 15.5. The fourth-order valence-electron chi connectivity index (χ4n) is 4.14. The summed E-state index contributed by atoms with van der Waals surface area (Å²) in [4.78, 5) is 33.0. The third kappa shape index (κ3) is 3.39. The molecule has 1 fully saturated rings. The normalized spacial score (nSPS) is 17.9. The van der Waals surface area contributed by atoms with Crippen LogP contribution >= 0.6 is 11.3 Å². The summed E-state index contributed by atoms with van der Waals surface area (Å²) in [6.07, 6.45) is 1.66. The number of hydrogen-bond acceptors (Lipinski definition) is 5. The maximum atomic E-state index is 13.2. The predicted octanol–water partition coefficient (Wildman–Crippen LogP) is 5.23. The van der Waals surface area contributed by atoms with Gasteiger partial charge in [0.15, 0.2) is 0 Å². The second-order valence-electron chi connectivity index (χ2n) is 7.78. The van der Waals surface area contributed by atoms with Gasteiger partial charge >= 0.3 is 0 Å². The van der Waals surface area contributed by atoms with Gasteiger partial charge in [-0.3, -0.25) is 14.6 Å². The van der Waals surface area contributed by atoms with E-state index in [2.05, 4.69) is 4.98 Å². The number of aliphatic hydroxyl groups is 1. The van der Waals surface area contributed by atoms with Crippen molar-refractivity contribution in [3.8, 4) is 0 Å². The molecule has 0 aliphatic carbocycles. The molecular formula is C26H20N2O3S. The van der Waals surface area contributed by atoms with Crippen molar-refractivity contribution in [1.29, 1.82) is 0 Å². The lowest BCUT2D eigenvalue weighted by Crippen LogP contribution is -2.29. The van der Waals surface area contributed by atoms with E-state index in [-0.39, 0.29) is 17.9 Å². The molecule has 1 N–H and O–H groups in total. The Morgan fingerprint density at radius 2 is 1.81 bits per heavy atom. The summed E-state index contributed by atoms with van der Waals surface area (Å²) in [6, 6.07) is 20.1. The van der Waals surface area contributed by atoms with E-state index in [0.29, 0.717) is 11.3 Å². The number of pyridine rings is 1. The van der Waals surface area contributed by atoms with Crippen LogP contribution in [-0.4, -0.2) is 26.7 Å². The fraction of sp³-hybridized carbons (Fsp3) is 0.115. The summed E-state index contributed by atoms with van der Waals surface area (Å²) >= 11 is 1.47. The smallest absolute Gasteiger partial charge is 0.296 e. The zero-order valence-electron chi connectivity index (χ0n) is 17.4. The molecule has 1 aliphatic heterocycles. The first-order valence-electron chi connectivity index (χ1n) is 10.3. The number of benzene rings is 2. The van der Waals surface area contributed by atoms with E-state index < -0.39 is 17.7 Å². The molecule has 1 aliphatic rings. The van der Waals surface area contributed by atoms with Gasteiger partial charge in [0.25, 0.3) is 11.7 Å². The Morgan fingerprint density at radius 3 is 2.53 bits per heavy atom. The number of amides is 1. The van der Waals surface area contributed by atoms with E-state index in [4.69, 9.17) is 0 Å². The largest absolute Gasteiger partial charge is 0.507 e. The Bertz CT molecular complexity index is 1370. The molecule has 6 heteroatoms. The standard InChI is InChI=1S/C26H20N2O3S/c1-16-11-13-32-25(16)22-21(23(29)19-10-9-17-6-2-3-7-18(17)14-19)24(30)26(31)28(22)15-20-8-4-5-12-27-20/h2-14,22,29H,15H2,1H3/b23-21-. The monoisotopic (exact) mass is 440 g/mol. The zero-order valence-corrected chi connectivity index (χ0v) is 18.2. The molecule has 2 aromatic heterocycles. The molecule has 5 nitrogen and oxygen atoms in total. The summed E-state index contributed by atoms with van der Waals surface area (Å²) in [5.74, 6) is -1.46. The highest BCUT2D eigenvalue weighted by molar-refractivity contribution is 7.10. The minimum Gasteiger partial charge on any atom is -0.507 e. The molecule has 1 amide bonds. The summed E-state index contributed by atoms with van der Waals surface area (Å²) < 4.78 is 0. The fourth-order valence-corrected chi connectivity index (χ4v) is 5.19. The van der Waals surface area contributed by atoms with Crippen molar-refractivity contribution in [1.82, 2.24) is 9.88 Å². The molecule has 3 heterocycles. The average Bonchev–Trinajstić information content (AvgIpc) is 3.34. The number of aliphatic hydroxyl groups excluding tert-OH is 1. The lowest BCUT2D eigenvalue weighted by atomic mass is 9.97. The van der Waals surface area contributed by atoms with Gasteiger partial charge < -0.3 is 10.0 Å². The summed E-state index contributed by atoms with van der Waals surface area (Å²) in [5.41, 5.74) is 2.28. The number of thiophene rings is 1. The van der Waals surface area contributed by atoms with Crippen LogP contribution in [0.25, 0.3) is 16.5 Å². The maximum absolute atomic E-state index is 13.2. The van der Waals surface area contributed by atoms with Crippen LogP contribution < -0.4 is 0 Å². The summed E-state index contributed by atoms with van der Waals surface area (Å²) in [7, 11) is 0. The number of fused-ring (bicyclic) bond motifs is 1. The highest BCUT2D eigenvalue weighted by atomic mass is 32.1. The summed E-state index contributed by atoms with van der Waals surface area (Å²) in [5, 5.41) is 15.2. The molecule has 1 atom stereocenters. The third-order valence-corrected chi connectivity index (χ3v) is 6.84. The number of carbonyl (C=O) groups is 2. The van der Waals surface area contributed by atoms with Crippen LogP contribution in [0.15, 0.2) is 83.9 Å². The second-order valence-corrected chi connectivity index (χ2v) is 8.73. The van der Waals surface area contributed by atoms with Crippen LogP contribution in [0.2, 0.25) is 0 Å². The molecule has 32 heavy (non-hydrogen) atoms. The zero-order chi connectivity index (χ0) is 22.2. The topological polar surface area (TPSA) is 70.5 Å². The van der Waals surface area contributed by atoms with Gasteiger partial charge in [0.1, 0.15) is 11.8 Å². The lowest BCUT2D eigenvalue weighted by molar-refractivity contribution is -0.140. The Hall–Kier alpha value is -3.77. The molecule has 5 rings (SSSR count). The molecule has 0 spiro atoms. The van der Waals surface area contributed by atoms with Crippen LogP contribution in [0, 0.1) is 6.92 Å². The Balaban J connectivity index is 1.67. The molecule has 1 saturated heterocycles. The van der Waals surface area contributed by atoms with Crippen molar-refractivity contribution in [3.05, 3.63) is 106 Å². The summed E-state index contributed by atoms with van der Waals surface area (Å²) in [6.45, 7) is 2.13. The molecule has 0 bridgehead atoms. The van der Waals surface area contributed by atoms with Gasteiger partial charge in [-0.15, -0.1) is 11.3 Å². The molecule has 1 unspecified atom stereocenters. The van der Waals surface area contributed by atoms with Gasteiger partial charge in [0.05, 0.1) is 17.8 Å². The SMILES string of the molecule is Cc1ccsc1C1/C(=C(/O)c2ccc3ccccc3c2)C(=O)C(=O)N1Cc1ccccn1. The van der Waals surface area contributed by atoms with Gasteiger partial charge in [0, 0.05) is 16.6 Å². The number of carbonyl (C=O) groups excluding carboxylic acids is 2. The van der Waals surface area contributed by atoms with Crippen LogP contribution in [0.3, 0.4) is 0 Å². The van der Waals surface area contributed by atoms with Crippen molar-refractivity contribution in [3.63, 3.8) is 0 Å². The number of aryl methyl sites for hydroxylation is 1. The van der Waals surface area contributed by atoms with Crippen molar-refractivity contribution < 1.29 is 14.7 Å². The van der Waals surface area contributed by atoms with Crippen LogP contribution in [-0.2, 0) is 16.1 Å². The number of aromatic nitrogens is 1. The maximum Gasteiger partial charge on any atom is 0.296 e. The lowest BCUT2D eigenvalue weighted by Gasteiger charge is -2.24. The van der Waals surface area contributed by atoms with Gasteiger partial charge in [-0.1, -0.05) is 42.5 Å². The van der Waals surface area contributed by atoms with Crippen molar-refractivity contribution in [2.45, 2.75) is 19.5 Å². The number of Topliss-reactive ketones (excluding diaryl/α,β-unsaturated/α-hetero) is 1. The predicted molar refractivity (Wildman–Crippen MR) is 125 cm³/mol. The molecule has 0 saturated carbocycles. The third-order valence-electron chi connectivity index (χ3n) is 5.77. The minimum atomic E-state index is -0.676. The first kappa shape index (κ1) is 20.2. The van der Waals surface area contributed by atoms with Gasteiger partial charge in [-0.2, -0.15) is 0 Å². The number of nitrogens with zero attached hydrogens (tertiary/aromatic N) is 2. The molecule has 0 radical (unpaired) electrons. The Kier molecular flexibility index (Phi) is 5.07. The van der Waals surface area contributed by atoms with E-state index in [1.807, 2.05) is 66.9 Å². The minimum absolute atomic E-state index is 0.117. The molecule has 2 aromatic carbocycles.